The fraction of sp³-hybridized carbons (Fsp3) is 1.00. The largest absolute Gasteiger partial charge is 0.389 e. The van der Waals surface area contributed by atoms with Crippen molar-refractivity contribution in [3.8, 4) is 0 Å². The number of nitrogens with one attached hydrogen (secondary N) is 1. The summed E-state index contributed by atoms with van der Waals surface area (Å²) < 4.78 is 0. The molecule has 0 aromatic carbocycles. The summed E-state index contributed by atoms with van der Waals surface area (Å²) in [5.41, 5.74) is 0.150. The zero-order valence-corrected chi connectivity index (χ0v) is 11.1. The second-order valence-corrected chi connectivity index (χ2v) is 6.95. The van der Waals surface area contributed by atoms with Gasteiger partial charge in [0.05, 0.1) is 5.60 Å². The Morgan fingerprint density at radius 3 is 2.44 bits per heavy atom. The van der Waals surface area contributed by atoms with Crippen LogP contribution < -0.4 is 5.32 Å². The highest BCUT2D eigenvalue weighted by Gasteiger charge is 2.37. The van der Waals surface area contributed by atoms with Gasteiger partial charge >= 0.3 is 0 Å². The molecule has 94 valence electrons. The highest BCUT2D eigenvalue weighted by atomic mass is 16.3. The van der Waals surface area contributed by atoms with E-state index in [1.54, 1.807) is 0 Å². The first kappa shape index (κ1) is 12.4. The van der Waals surface area contributed by atoms with Crippen LogP contribution in [-0.4, -0.2) is 23.3 Å². The van der Waals surface area contributed by atoms with E-state index in [1.807, 2.05) is 0 Å². The molecule has 2 atom stereocenters. The van der Waals surface area contributed by atoms with E-state index in [0.717, 1.165) is 25.3 Å². The smallest absolute Gasteiger partial charge is 0.0771 e. The van der Waals surface area contributed by atoms with Gasteiger partial charge in [0.1, 0.15) is 0 Å². The van der Waals surface area contributed by atoms with Crippen LogP contribution in [0.25, 0.3) is 0 Å². The van der Waals surface area contributed by atoms with Crippen molar-refractivity contribution in [2.24, 2.45) is 11.3 Å². The Balaban J connectivity index is 1.78. The fourth-order valence-electron chi connectivity index (χ4n) is 3.33. The van der Waals surface area contributed by atoms with E-state index < -0.39 is 0 Å². The van der Waals surface area contributed by atoms with E-state index >= 15 is 0 Å². The second-order valence-electron chi connectivity index (χ2n) is 6.95. The van der Waals surface area contributed by atoms with E-state index in [0.29, 0.717) is 11.5 Å². The summed E-state index contributed by atoms with van der Waals surface area (Å²) >= 11 is 0. The molecular formula is C14H27NO. The Hall–Kier alpha value is -0.0800. The zero-order valence-electron chi connectivity index (χ0n) is 11.1. The van der Waals surface area contributed by atoms with Crippen molar-refractivity contribution in [1.82, 2.24) is 5.32 Å². The lowest BCUT2D eigenvalue weighted by Crippen LogP contribution is -2.51. The SMILES string of the molecule is CC1CC(C)(C)CCC1NCC1(O)CCC1. The normalized spacial score (nSPS) is 36.8. The summed E-state index contributed by atoms with van der Waals surface area (Å²) in [5.74, 6) is 0.743. The van der Waals surface area contributed by atoms with Gasteiger partial charge in [-0.05, 0) is 49.9 Å². The van der Waals surface area contributed by atoms with Gasteiger partial charge in [-0.1, -0.05) is 20.8 Å². The average molecular weight is 225 g/mol. The van der Waals surface area contributed by atoms with Crippen LogP contribution in [0.1, 0.15) is 59.3 Å². The number of hydrogen-bond acceptors (Lipinski definition) is 2. The first-order valence-corrected chi connectivity index (χ1v) is 6.86. The van der Waals surface area contributed by atoms with E-state index in [-0.39, 0.29) is 5.60 Å². The predicted octanol–water partition coefficient (Wildman–Crippen LogP) is 2.71. The van der Waals surface area contributed by atoms with Gasteiger partial charge in [0.15, 0.2) is 0 Å². The van der Waals surface area contributed by atoms with Crippen molar-refractivity contribution < 1.29 is 5.11 Å². The lowest BCUT2D eigenvalue weighted by atomic mass is 9.70. The van der Waals surface area contributed by atoms with Crippen molar-refractivity contribution >= 4 is 0 Å². The molecule has 0 aromatic rings. The minimum atomic E-state index is -0.368. The summed E-state index contributed by atoms with van der Waals surface area (Å²) in [7, 11) is 0. The van der Waals surface area contributed by atoms with Gasteiger partial charge in [0.2, 0.25) is 0 Å². The van der Waals surface area contributed by atoms with E-state index in [9.17, 15) is 5.11 Å². The molecule has 0 amide bonds. The van der Waals surface area contributed by atoms with Gasteiger partial charge in [0, 0.05) is 12.6 Å². The number of rotatable bonds is 3. The van der Waals surface area contributed by atoms with Crippen LogP contribution in [0.2, 0.25) is 0 Å². The minimum absolute atomic E-state index is 0.368. The quantitative estimate of drug-likeness (QED) is 0.774. The molecular weight excluding hydrogens is 198 g/mol. The molecule has 2 rings (SSSR count). The van der Waals surface area contributed by atoms with Crippen LogP contribution in [0.4, 0.5) is 0 Å². The molecule has 2 heteroatoms. The van der Waals surface area contributed by atoms with Crippen LogP contribution >= 0.6 is 0 Å². The van der Waals surface area contributed by atoms with Gasteiger partial charge in [0.25, 0.3) is 0 Å². The van der Waals surface area contributed by atoms with Crippen LogP contribution in [-0.2, 0) is 0 Å². The summed E-state index contributed by atoms with van der Waals surface area (Å²) in [4.78, 5) is 0. The third-order valence-corrected chi connectivity index (χ3v) is 4.67. The Bertz CT molecular complexity index is 245. The second kappa shape index (κ2) is 4.30. The average Bonchev–Trinajstić information content (AvgIpc) is 2.12. The van der Waals surface area contributed by atoms with Gasteiger partial charge < -0.3 is 10.4 Å². The number of hydrogen-bond donors (Lipinski definition) is 2. The molecule has 0 heterocycles. The van der Waals surface area contributed by atoms with Gasteiger partial charge in [-0.15, -0.1) is 0 Å². The highest BCUT2D eigenvalue weighted by Crippen LogP contribution is 2.39. The van der Waals surface area contributed by atoms with E-state index in [2.05, 4.69) is 26.1 Å². The van der Waals surface area contributed by atoms with Gasteiger partial charge in [-0.3, -0.25) is 0 Å². The molecule has 2 nitrogen and oxygen atoms in total. The van der Waals surface area contributed by atoms with E-state index in [1.165, 1.54) is 25.7 Å². The predicted molar refractivity (Wildman–Crippen MR) is 67.4 cm³/mol. The minimum Gasteiger partial charge on any atom is -0.389 e. The highest BCUT2D eigenvalue weighted by molar-refractivity contribution is 4.93. The Morgan fingerprint density at radius 2 is 1.94 bits per heavy atom. The van der Waals surface area contributed by atoms with Crippen LogP contribution in [0, 0.1) is 11.3 Å². The molecule has 2 fully saturated rings. The van der Waals surface area contributed by atoms with Crippen molar-refractivity contribution in [2.45, 2.75) is 70.9 Å². The van der Waals surface area contributed by atoms with Crippen molar-refractivity contribution in [3.63, 3.8) is 0 Å². The molecule has 0 aliphatic heterocycles. The third-order valence-electron chi connectivity index (χ3n) is 4.67. The van der Waals surface area contributed by atoms with E-state index in [4.69, 9.17) is 0 Å². The molecule has 0 bridgehead atoms. The molecule has 2 unspecified atom stereocenters. The zero-order chi connectivity index (χ0) is 11.8. The summed E-state index contributed by atoms with van der Waals surface area (Å²) in [6.07, 6.45) is 7.07. The molecule has 2 aliphatic rings. The van der Waals surface area contributed by atoms with Crippen molar-refractivity contribution in [3.05, 3.63) is 0 Å². The van der Waals surface area contributed by atoms with Gasteiger partial charge in [-0.25, -0.2) is 0 Å². The topological polar surface area (TPSA) is 32.3 Å². The fourth-order valence-corrected chi connectivity index (χ4v) is 3.33. The molecule has 0 aromatic heterocycles. The Labute approximate surface area is 99.8 Å². The summed E-state index contributed by atoms with van der Waals surface area (Å²) in [5, 5.41) is 13.7. The standard InChI is InChI=1S/C14H27NO/c1-11-9-13(2,3)8-5-12(11)15-10-14(16)6-4-7-14/h11-12,15-16H,4-10H2,1-3H3. The maximum atomic E-state index is 10.1. The van der Waals surface area contributed by atoms with Crippen molar-refractivity contribution in [2.75, 3.05) is 6.54 Å². The Morgan fingerprint density at radius 1 is 1.25 bits per heavy atom. The Kier molecular flexibility index (Phi) is 3.33. The molecule has 0 radical (unpaired) electrons. The molecule has 16 heavy (non-hydrogen) atoms. The first-order chi connectivity index (χ1) is 7.40. The van der Waals surface area contributed by atoms with Crippen molar-refractivity contribution in [1.29, 1.82) is 0 Å². The maximum absolute atomic E-state index is 10.1. The third kappa shape index (κ3) is 2.78. The van der Waals surface area contributed by atoms with Crippen LogP contribution in [0.15, 0.2) is 0 Å². The lowest BCUT2D eigenvalue weighted by Gasteiger charge is -2.43. The summed E-state index contributed by atoms with van der Waals surface area (Å²) in [6.45, 7) is 7.91. The molecule has 0 spiro atoms. The first-order valence-electron chi connectivity index (χ1n) is 6.86. The summed E-state index contributed by atoms with van der Waals surface area (Å²) in [6, 6.07) is 0.623. The van der Waals surface area contributed by atoms with Gasteiger partial charge in [-0.2, -0.15) is 0 Å². The van der Waals surface area contributed by atoms with Crippen LogP contribution in [0.3, 0.4) is 0 Å². The molecule has 0 saturated heterocycles. The number of aliphatic hydroxyl groups is 1. The molecule has 2 aliphatic carbocycles. The molecule has 2 saturated carbocycles. The molecule has 2 N–H and O–H groups in total. The maximum Gasteiger partial charge on any atom is 0.0771 e. The monoisotopic (exact) mass is 225 g/mol. The lowest BCUT2D eigenvalue weighted by molar-refractivity contribution is -0.0365. The van der Waals surface area contributed by atoms with Crippen LogP contribution in [0.5, 0.6) is 0 Å².